The summed E-state index contributed by atoms with van der Waals surface area (Å²) in [7, 11) is 0. The van der Waals surface area contributed by atoms with Crippen LogP contribution in [0, 0.1) is 0 Å². The third-order valence-electron chi connectivity index (χ3n) is 3.23. The molecule has 0 bridgehead atoms. The van der Waals surface area contributed by atoms with Gasteiger partial charge >= 0.3 is 0 Å². The molecule has 0 unspecified atom stereocenters. The van der Waals surface area contributed by atoms with Crippen molar-refractivity contribution in [2.75, 3.05) is 22.6 Å². The van der Waals surface area contributed by atoms with E-state index in [2.05, 4.69) is 14.7 Å². The van der Waals surface area contributed by atoms with Crippen LogP contribution in [-0.2, 0) is 0 Å². The minimum Gasteiger partial charge on any atom is -0.382 e. The average Bonchev–Trinajstić information content (AvgIpc) is 2.82. The number of nitrogens with two attached hydrogens (primary N) is 1. The van der Waals surface area contributed by atoms with Crippen LogP contribution in [0.3, 0.4) is 0 Å². The molecule has 1 aliphatic heterocycles. The van der Waals surface area contributed by atoms with E-state index in [9.17, 15) is 0 Å². The predicted octanol–water partition coefficient (Wildman–Crippen LogP) is 3.09. The Balaban J connectivity index is 1.86. The fourth-order valence-corrected chi connectivity index (χ4v) is 4.14. The van der Waals surface area contributed by atoms with Gasteiger partial charge < -0.3 is 11.1 Å². The minimum absolute atomic E-state index is 0.538. The lowest BCUT2D eigenvalue weighted by Crippen LogP contribution is -2.24. The molecule has 3 heterocycles. The van der Waals surface area contributed by atoms with Gasteiger partial charge in [0.25, 0.3) is 0 Å². The first-order valence-corrected chi connectivity index (χ1v) is 8.27. The molecule has 0 atom stereocenters. The average molecular weight is 292 g/mol. The number of nitrogens with one attached hydrogen (secondary N) is 1. The van der Waals surface area contributed by atoms with Crippen LogP contribution in [0.1, 0.15) is 12.8 Å². The number of rotatable bonds is 3. The van der Waals surface area contributed by atoms with Crippen LogP contribution in [0.25, 0.3) is 11.1 Å². The van der Waals surface area contributed by atoms with Gasteiger partial charge in [-0.3, -0.25) is 4.98 Å². The molecular weight excluding hydrogens is 276 g/mol. The molecule has 19 heavy (non-hydrogen) atoms. The van der Waals surface area contributed by atoms with E-state index in [4.69, 9.17) is 5.73 Å². The lowest BCUT2D eigenvalue weighted by molar-refractivity contribution is 0.669. The van der Waals surface area contributed by atoms with Gasteiger partial charge in [-0.05, 0) is 41.9 Å². The van der Waals surface area contributed by atoms with Crippen LogP contribution in [-0.4, -0.2) is 26.9 Å². The number of nitrogens with zero attached hydrogens (tertiary/aromatic N) is 2. The molecule has 1 saturated heterocycles. The van der Waals surface area contributed by atoms with E-state index in [0.717, 1.165) is 16.1 Å². The van der Waals surface area contributed by atoms with Crippen LogP contribution >= 0.6 is 23.3 Å². The Kier molecular flexibility index (Phi) is 3.89. The van der Waals surface area contributed by atoms with Gasteiger partial charge in [-0.15, -0.1) is 0 Å². The van der Waals surface area contributed by atoms with E-state index in [1.165, 1.54) is 35.9 Å². The molecule has 0 aliphatic carbocycles. The van der Waals surface area contributed by atoms with Gasteiger partial charge in [0.15, 0.2) is 0 Å². The van der Waals surface area contributed by atoms with Crippen LogP contribution in [0.5, 0.6) is 0 Å². The molecule has 1 fully saturated rings. The second-order valence-corrected chi connectivity index (χ2v) is 6.54. The van der Waals surface area contributed by atoms with Crippen LogP contribution in [0.4, 0.5) is 10.8 Å². The van der Waals surface area contributed by atoms with Gasteiger partial charge in [-0.2, -0.15) is 16.1 Å². The van der Waals surface area contributed by atoms with Crippen LogP contribution in [0.15, 0.2) is 24.5 Å². The zero-order valence-electron chi connectivity index (χ0n) is 10.5. The van der Waals surface area contributed by atoms with Gasteiger partial charge in [0.05, 0.1) is 5.56 Å². The fourth-order valence-electron chi connectivity index (χ4n) is 2.22. The summed E-state index contributed by atoms with van der Waals surface area (Å²) in [5, 5.41) is 4.68. The smallest absolute Gasteiger partial charge is 0.147 e. The first-order valence-electron chi connectivity index (χ1n) is 6.34. The standard InChI is InChI=1S/C13H16N4S2/c14-12-11(9-2-1-5-15-8-9)13(19-17-12)16-10-3-6-18-7-4-10/h1-2,5,8,10,16H,3-4,6-7H2,(H2,14,17). The highest BCUT2D eigenvalue weighted by Crippen LogP contribution is 2.37. The Morgan fingerprint density at radius 2 is 2.16 bits per heavy atom. The summed E-state index contributed by atoms with van der Waals surface area (Å²) in [6, 6.07) is 4.49. The van der Waals surface area contributed by atoms with Crippen molar-refractivity contribution in [3.63, 3.8) is 0 Å². The Morgan fingerprint density at radius 1 is 1.32 bits per heavy atom. The first kappa shape index (κ1) is 12.7. The van der Waals surface area contributed by atoms with Crippen molar-refractivity contribution in [3.8, 4) is 11.1 Å². The van der Waals surface area contributed by atoms with Crippen molar-refractivity contribution < 1.29 is 0 Å². The topological polar surface area (TPSA) is 63.8 Å². The summed E-state index contributed by atoms with van der Waals surface area (Å²) in [6.07, 6.45) is 6.01. The summed E-state index contributed by atoms with van der Waals surface area (Å²) in [4.78, 5) is 4.16. The van der Waals surface area contributed by atoms with E-state index >= 15 is 0 Å². The number of thioether (sulfide) groups is 1. The Bertz CT molecular complexity index is 535. The molecule has 3 rings (SSSR count). The second-order valence-electron chi connectivity index (χ2n) is 4.54. The zero-order valence-corrected chi connectivity index (χ0v) is 12.1. The third kappa shape index (κ3) is 2.84. The van der Waals surface area contributed by atoms with E-state index in [-0.39, 0.29) is 0 Å². The number of pyridine rings is 1. The molecule has 0 amide bonds. The number of anilines is 2. The molecule has 0 saturated carbocycles. The predicted molar refractivity (Wildman–Crippen MR) is 83.7 cm³/mol. The molecule has 6 heteroatoms. The van der Waals surface area contributed by atoms with Gasteiger partial charge in [-0.1, -0.05) is 6.07 Å². The SMILES string of the molecule is Nc1nsc(NC2CCSCC2)c1-c1cccnc1. The number of hydrogen-bond acceptors (Lipinski definition) is 6. The van der Waals surface area contributed by atoms with Gasteiger partial charge in [0, 0.05) is 24.0 Å². The molecule has 0 spiro atoms. The number of hydrogen-bond donors (Lipinski definition) is 2. The summed E-state index contributed by atoms with van der Waals surface area (Å²) < 4.78 is 4.28. The maximum Gasteiger partial charge on any atom is 0.147 e. The summed E-state index contributed by atoms with van der Waals surface area (Å²) >= 11 is 3.47. The van der Waals surface area contributed by atoms with E-state index in [0.29, 0.717) is 11.9 Å². The second kappa shape index (κ2) is 5.79. The highest BCUT2D eigenvalue weighted by atomic mass is 32.2. The van der Waals surface area contributed by atoms with Crippen molar-refractivity contribution in [3.05, 3.63) is 24.5 Å². The molecule has 2 aromatic heterocycles. The molecule has 3 N–H and O–H groups in total. The van der Waals surface area contributed by atoms with Crippen LogP contribution < -0.4 is 11.1 Å². The minimum atomic E-state index is 0.538. The fraction of sp³-hybridized carbons (Fsp3) is 0.385. The quantitative estimate of drug-likeness (QED) is 0.910. The van der Waals surface area contributed by atoms with Crippen LogP contribution in [0.2, 0.25) is 0 Å². The van der Waals surface area contributed by atoms with Crippen molar-refractivity contribution in [1.82, 2.24) is 9.36 Å². The van der Waals surface area contributed by atoms with Gasteiger partial charge in [0.1, 0.15) is 10.8 Å². The van der Waals surface area contributed by atoms with Crippen molar-refractivity contribution >= 4 is 34.1 Å². The van der Waals surface area contributed by atoms with Crippen molar-refractivity contribution in [2.24, 2.45) is 0 Å². The van der Waals surface area contributed by atoms with Gasteiger partial charge in [-0.25, -0.2) is 0 Å². The maximum atomic E-state index is 6.01. The Morgan fingerprint density at radius 3 is 2.89 bits per heavy atom. The molecule has 100 valence electrons. The van der Waals surface area contributed by atoms with E-state index in [1.54, 1.807) is 6.20 Å². The monoisotopic (exact) mass is 292 g/mol. The zero-order chi connectivity index (χ0) is 13.1. The summed E-state index contributed by atoms with van der Waals surface area (Å²) in [5.74, 6) is 3.05. The molecular formula is C13H16N4S2. The molecule has 0 radical (unpaired) electrons. The van der Waals surface area contributed by atoms with E-state index in [1.807, 2.05) is 30.1 Å². The Hall–Kier alpha value is -1.27. The lowest BCUT2D eigenvalue weighted by atomic mass is 10.1. The maximum absolute atomic E-state index is 6.01. The molecule has 1 aliphatic rings. The Labute approximate surface area is 121 Å². The highest BCUT2D eigenvalue weighted by Gasteiger charge is 2.19. The van der Waals surface area contributed by atoms with Crippen molar-refractivity contribution in [1.29, 1.82) is 0 Å². The number of nitrogen functional groups attached to an aromatic ring is 1. The lowest BCUT2D eigenvalue weighted by Gasteiger charge is -2.23. The normalized spacial score (nSPS) is 16.4. The molecule has 2 aromatic rings. The highest BCUT2D eigenvalue weighted by molar-refractivity contribution is 7.99. The molecule has 0 aromatic carbocycles. The first-order chi connectivity index (χ1) is 9.34. The summed E-state index contributed by atoms with van der Waals surface area (Å²) in [6.45, 7) is 0. The third-order valence-corrected chi connectivity index (χ3v) is 5.07. The van der Waals surface area contributed by atoms with E-state index < -0.39 is 0 Å². The summed E-state index contributed by atoms with van der Waals surface area (Å²) in [5.41, 5.74) is 8.03. The van der Waals surface area contributed by atoms with Crippen molar-refractivity contribution in [2.45, 2.75) is 18.9 Å². The largest absolute Gasteiger partial charge is 0.382 e. The number of aromatic nitrogens is 2. The molecule has 4 nitrogen and oxygen atoms in total. The van der Waals surface area contributed by atoms with Gasteiger partial charge in [0.2, 0.25) is 0 Å².